The molecule has 2 atom stereocenters. The first kappa shape index (κ1) is 10.6. The zero-order valence-electron chi connectivity index (χ0n) is 8.38. The van der Waals surface area contributed by atoms with Crippen LogP contribution in [0.5, 0.6) is 0 Å². The van der Waals surface area contributed by atoms with Crippen LogP contribution in [0.3, 0.4) is 0 Å². The van der Waals surface area contributed by atoms with Gasteiger partial charge < -0.3 is 10.1 Å². The fourth-order valence-corrected chi connectivity index (χ4v) is 1.59. The zero-order chi connectivity index (χ0) is 9.52. The molecule has 2 unspecified atom stereocenters. The monoisotopic (exact) mass is 181 g/mol. The summed E-state index contributed by atoms with van der Waals surface area (Å²) in [4.78, 5) is 0. The Morgan fingerprint density at radius 1 is 1.69 bits per heavy atom. The molecule has 74 valence electrons. The van der Waals surface area contributed by atoms with Crippen molar-refractivity contribution >= 4 is 0 Å². The van der Waals surface area contributed by atoms with Crippen LogP contribution in [0, 0.1) is 18.3 Å². The molecule has 1 aliphatic heterocycles. The Kier molecular flexibility index (Phi) is 4.88. The van der Waals surface area contributed by atoms with E-state index in [1.165, 1.54) is 6.42 Å². The third-order valence-corrected chi connectivity index (χ3v) is 2.46. The molecule has 13 heavy (non-hydrogen) atoms. The lowest BCUT2D eigenvalue weighted by atomic mass is 10.1. The second-order valence-electron chi connectivity index (χ2n) is 3.65. The predicted molar refractivity (Wildman–Crippen MR) is 54.5 cm³/mol. The second-order valence-corrected chi connectivity index (χ2v) is 3.65. The van der Waals surface area contributed by atoms with Crippen molar-refractivity contribution < 1.29 is 4.74 Å². The van der Waals surface area contributed by atoms with Gasteiger partial charge in [0.05, 0.1) is 12.6 Å². The van der Waals surface area contributed by atoms with Crippen molar-refractivity contribution in [2.24, 2.45) is 5.92 Å². The molecule has 0 aromatic carbocycles. The molecule has 2 heteroatoms. The second kappa shape index (κ2) is 6.01. The van der Waals surface area contributed by atoms with Crippen LogP contribution >= 0.6 is 0 Å². The average molecular weight is 181 g/mol. The summed E-state index contributed by atoms with van der Waals surface area (Å²) >= 11 is 0. The SMILES string of the molecule is C#CC(CCC)NCC1CCOC1. The molecule has 1 aliphatic rings. The Balaban J connectivity index is 2.12. The topological polar surface area (TPSA) is 21.3 Å². The Bertz CT molecular complexity index is 167. The third-order valence-electron chi connectivity index (χ3n) is 2.46. The number of rotatable bonds is 5. The van der Waals surface area contributed by atoms with Gasteiger partial charge in [-0.05, 0) is 18.8 Å². The number of nitrogens with one attached hydrogen (secondary N) is 1. The lowest BCUT2D eigenvalue weighted by molar-refractivity contribution is 0.185. The highest BCUT2D eigenvalue weighted by atomic mass is 16.5. The first-order chi connectivity index (χ1) is 6.36. The number of hydrogen-bond donors (Lipinski definition) is 1. The molecule has 0 radical (unpaired) electrons. The van der Waals surface area contributed by atoms with Crippen molar-refractivity contribution in [3.63, 3.8) is 0 Å². The number of terminal acetylenes is 1. The van der Waals surface area contributed by atoms with Crippen LogP contribution in [0.4, 0.5) is 0 Å². The van der Waals surface area contributed by atoms with Crippen LogP contribution in [0.2, 0.25) is 0 Å². The molecule has 1 fully saturated rings. The van der Waals surface area contributed by atoms with Gasteiger partial charge in [0, 0.05) is 13.2 Å². The van der Waals surface area contributed by atoms with Crippen LogP contribution in [-0.2, 0) is 4.74 Å². The summed E-state index contributed by atoms with van der Waals surface area (Å²) in [7, 11) is 0. The van der Waals surface area contributed by atoms with Crippen molar-refractivity contribution in [2.45, 2.75) is 32.2 Å². The van der Waals surface area contributed by atoms with E-state index in [0.717, 1.165) is 32.6 Å². The van der Waals surface area contributed by atoms with Crippen LogP contribution in [0.25, 0.3) is 0 Å². The highest BCUT2D eigenvalue weighted by Gasteiger charge is 2.16. The van der Waals surface area contributed by atoms with Gasteiger partial charge in [-0.3, -0.25) is 0 Å². The van der Waals surface area contributed by atoms with Crippen molar-refractivity contribution in [1.29, 1.82) is 0 Å². The predicted octanol–water partition coefficient (Wildman–Crippen LogP) is 1.41. The van der Waals surface area contributed by atoms with Gasteiger partial charge in [-0.1, -0.05) is 19.3 Å². The van der Waals surface area contributed by atoms with Gasteiger partial charge in [0.15, 0.2) is 0 Å². The van der Waals surface area contributed by atoms with E-state index in [0.29, 0.717) is 5.92 Å². The fraction of sp³-hybridized carbons (Fsp3) is 0.818. The molecular formula is C11H19NO. The minimum atomic E-state index is 0.255. The molecule has 0 spiro atoms. The van der Waals surface area contributed by atoms with Gasteiger partial charge in [0.25, 0.3) is 0 Å². The standard InChI is InChI=1S/C11H19NO/c1-3-5-11(4-2)12-8-10-6-7-13-9-10/h2,10-12H,3,5-9H2,1H3. The van der Waals surface area contributed by atoms with Crippen molar-refractivity contribution in [2.75, 3.05) is 19.8 Å². The quantitative estimate of drug-likeness (QED) is 0.648. The molecule has 0 bridgehead atoms. The van der Waals surface area contributed by atoms with E-state index in [1.807, 2.05) is 0 Å². The molecule has 0 aromatic heterocycles. The Morgan fingerprint density at radius 2 is 2.54 bits per heavy atom. The van der Waals surface area contributed by atoms with E-state index in [2.05, 4.69) is 18.2 Å². The molecule has 1 rings (SSSR count). The lowest BCUT2D eigenvalue weighted by Crippen LogP contribution is -2.32. The van der Waals surface area contributed by atoms with Gasteiger partial charge >= 0.3 is 0 Å². The normalized spacial score (nSPS) is 24.2. The van der Waals surface area contributed by atoms with Gasteiger partial charge in [0.1, 0.15) is 0 Å². The summed E-state index contributed by atoms with van der Waals surface area (Å²) in [5, 5.41) is 3.40. The summed E-state index contributed by atoms with van der Waals surface area (Å²) in [6.45, 7) is 4.98. The maximum atomic E-state index is 5.40. The largest absolute Gasteiger partial charge is 0.381 e. The molecule has 0 aromatic rings. The number of ether oxygens (including phenoxy) is 1. The van der Waals surface area contributed by atoms with E-state index in [1.54, 1.807) is 0 Å². The maximum absolute atomic E-state index is 5.40. The Hall–Kier alpha value is -0.520. The van der Waals surface area contributed by atoms with E-state index < -0.39 is 0 Å². The van der Waals surface area contributed by atoms with Gasteiger partial charge in [-0.15, -0.1) is 6.42 Å². The summed E-state index contributed by atoms with van der Waals surface area (Å²) in [6, 6.07) is 0.255. The molecule has 2 nitrogen and oxygen atoms in total. The average Bonchev–Trinajstić information content (AvgIpc) is 2.64. The van der Waals surface area contributed by atoms with E-state index in [4.69, 9.17) is 11.2 Å². The van der Waals surface area contributed by atoms with Gasteiger partial charge in [-0.2, -0.15) is 0 Å². The molecule has 1 saturated heterocycles. The fourth-order valence-electron chi connectivity index (χ4n) is 1.59. The third kappa shape index (κ3) is 3.80. The summed E-state index contributed by atoms with van der Waals surface area (Å²) in [5.41, 5.74) is 0. The maximum Gasteiger partial charge on any atom is 0.0686 e. The van der Waals surface area contributed by atoms with Crippen LogP contribution in [0.1, 0.15) is 26.2 Å². The highest BCUT2D eigenvalue weighted by Crippen LogP contribution is 2.11. The van der Waals surface area contributed by atoms with E-state index in [-0.39, 0.29) is 6.04 Å². The molecule has 0 amide bonds. The van der Waals surface area contributed by atoms with Crippen LogP contribution < -0.4 is 5.32 Å². The van der Waals surface area contributed by atoms with E-state index in [9.17, 15) is 0 Å². The molecular weight excluding hydrogens is 162 g/mol. The van der Waals surface area contributed by atoms with Crippen molar-refractivity contribution in [3.05, 3.63) is 0 Å². The summed E-state index contributed by atoms with van der Waals surface area (Å²) < 4.78 is 5.29. The summed E-state index contributed by atoms with van der Waals surface area (Å²) in [6.07, 6.45) is 8.79. The first-order valence-electron chi connectivity index (χ1n) is 5.14. The minimum Gasteiger partial charge on any atom is -0.381 e. The summed E-state index contributed by atoms with van der Waals surface area (Å²) in [5.74, 6) is 3.45. The molecule has 1 heterocycles. The van der Waals surface area contributed by atoms with Crippen LogP contribution in [-0.4, -0.2) is 25.8 Å². The Labute approximate surface area is 81.0 Å². The van der Waals surface area contributed by atoms with Crippen molar-refractivity contribution in [1.82, 2.24) is 5.32 Å². The zero-order valence-corrected chi connectivity index (χ0v) is 8.38. The van der Waals surface area contributed by atoms with Crippen LogP contribution in [0.15, 0.2) is 0 Å². The first-order valence-corrected chi connectivity index (χ1v) is 5.14. The molecule has 0 saturated carbocycles. The Morgan fingerprint density at radius 3 is 3.08 bits per heavy atom. The van der Waals surface area contributed by atoms with Gasteiger partial charge in [-0.25, -0.2) is 0 Å². The van der Waals surface area contributed by atoms with Crippen molar-refractivity contribution in [3.8, 4) is 12.3 Å². The lowest BCUT2D eigenvalue weighted by Gasteiger charge is -2.14. The van der Waals surface area contributed by atoms with E-state index >= 15 is 0 Å². The highest BCUT2D eigenvalue weighted by molar-refractivity contribution is 4.98. The van der Waals surface area contributed by atoms with Gasteiger partial charge in [0.2, 0.25) is 0 Å². The molecule has 1 N–H and O–H groups in total. The smallest absolute Gasteiger partial charge is 0.0686 e. The molecule has 0 aliphatic carbocycles. The minimum absolute atomic E-state index is 0.255. The number of hydrogen-bond acceptors (Lipinski definition) is 2.